The molecule has 2 aromatic carbocycles. The normalized spacial score (nSPS) is 10.8. The summed E-state index contributed by atoms with van der Waals surface area (Å²) >= 11 is 7.44. The second-order valence-electron chi connectivity index (χ2n) is 4.30. The van der Waals surface area contributed by atoms with Crippen LogP contribution in [-0.2, 0) is 0 Å². The van der Waals surface area contributed by atoms with E-state index in [1.807, 2.05) is 5.43 Å². The Hall–Kier alpha value is -2.02. The van der Waals surface area contributed by atoms with Gasteiger partial charge in [-0.15, -0.1) is 11.3 Å². The Labute approximate surface area is 128 Å². The van der Waals surface area contributed by atoms with Crippen LogP contribution >= 0.6 is 22.9 Å². The molecule has 1 heterocycles. The number of fused-ring (bicyclic) bond motifs is 1. The van der Waals surface area contributed by atoms with Gasteiger partial charge in [0.25, 0.3) is 5.91 Å². The van der Waals surface area contributed by atoms with E-state index in [2.05, 4.69) is 4.98 Å². The number of hydrogen-bond acceptors (Lipinski definition) is 4. The van der Waals surface area contributed by atoms with Crippen LogP contribution in [0.5, 0.6) is 0 Å². The van der Waals surface area contributed by atoms with Gasteiger partial charge in [0.15, 0.2) is 0 Å². The summed E-state index contributed by atoms with van der Waals surface area (Å²) in [6.45, 7) is 0. The summed E-state index contributed by atoms with van der Waals surface area (Å²) in [5.74, 6) is 4.32. The summed E-state index contributed by atoms with van der Waals surface area (Å²) in [5.41, 5.74) is 3.80. The van der Waals surface area contributed by atoms with Crippen molar-refractivity contribution in [2.24, 2.45) is 5.84 Å². The second-order valence-corrected chi connectivity index (χ2v) is 5.74. The van der Waals surface area contributed by atoms with E-state index in [9.17, 15) is 9.18 Å². The molecule has 0 aliphatic heterocycles. The SMILES string of the molecule is NNC(=O)c1ccc(-c2nc3ccc(F)cc3s2)cc1Cl. The fourth-order valence-corrected chi connectivity index (χ4v) is 3.19. The first-order valence-corrected chi connectivity index (χ1v) is 7.15. The van der Waals surface area contributed by atoms with Crippen molar-refractivity contribution in [1.29, 1.82) is 0 Å². The molecule has 0 radical (unpaired) electrons. The zero-order valence-corrected chi connectivity index (χ0v) is 12.1. The lowest BCUT2D eigenvalue weighted by molar-refractivity contribution is 0.0954. The highest BCUT2D eigenvalue weighted by Gasteiger charge is 2.12. The summed E-state index contributed by atoms with van der Waals surface area (Å²) in [7, 11) is 0. The van der Waals surface area contributed by atoms with Gasteiger partial charge in [-0.1, -0.05) is 17.7 Å². The minimum atomic E-state index is -0.460. The molecule has 0 saturated heterocycles. The first kappa shape index (κ1) is 13.9. The minimum absolute atomic E-state index is 0.279. The number of benzene rings is 2. The molecule has 1 aromatic heterocycles. The number of nitrogens with two attached hydrogens (primary N) is 1. The van der Waals surface area contributed by atoms with Crippen molar-refractivity contribution in [3.63, 3.8) is 0 Å². The van der Waals surface area contributed by atoms with Crippen LogP contribution in [0.2, 0.25) is 5.02 Å². The summed E-state index contributed by atoms with van der Waals surface area (Å²) in [4.78, 5) is 15.9. The van der Waals surface area contributed by atoms with Crippen molar-refractivity contribution in [3.05, 3.63) is 52.8 Å². The molecule has 1 amide bonds. The van der Waals surface area contributed by atoms with Gasteiger partial charge in [0, 0.05) is 5.56 Å². The molecule has 3 N–H and O–H groups in total. The number of thiazole rings is 1. The predicted molar refractivity (Wildman–Crippen MR) is 81.7 cm³/mol. The van der Waals surface area contributed by atoms with E-state index < -0.39 is 5.91 Å². The maximum atomic E-state index is 13.2. The highest BCUT2D eigenvalue weighted by molar-refractivity contribution is 7.21. The Morgan fingerprint density at radius 2 is 2.10 bits per heavy atom. The van der Waals surface area contributed by atoms with E-state index in [1.165, 1.54) is 23.5 Å². The van der Waals surface area contributed by atoms with Gasteiger partial charge in [0.2, 0.25) is 0 Å². The van der Waals surface area contributed by atoms with Crippen LogP contribution in [0.1, 0.15) is 10.4 Å². The van der Waals surface area contributed by atoms with Gasteiger partial charge in [-0.25, -0.2) is 15.2 Å². The fraction of sp³-hybridized carbons (Fsp3) is 0. The highest BCUT2D eigenvalue weighted by atomic mass is 35.5. The lowest BCUT2D eigenvalue weighted by atomic mass is 10.1. The van der Waals surface area contributed by atoms with Crippen molar-refractivity contribution in [1.82, 2.24) is 10.4 Å². The number of amides is 1. The first-order valence-electron chi connectivity index (χ1n) is 5.95. The molecule has 0 saturated carbocycles. The molecule has 0 spiro atoms. The zero-order chi connectivity index (χ0) is 15.0. The number of rotatable bonds is 2. The van der Waals surface area contributed by atoms with E-state index in [1.54, 1.807) is 24.3 Å². The summed E-state index contributed by atoms with van der Waals surface area (Å²) in [6.07, 6.45) is 0. The van der Waals surface area contributed by atoms with Crippen LogP contribution in [0.25, 0.3) is 20.8 Å². The van der Waals surface area contributed by atoms with Gasteiger partial charge in [-0.05, 0) is 30.3 Å². The fourth-order valence-electron chi connectivity index (χ4n) is 1.93. The van der Waals surface area contributed by atoms with E-state index in [0.29, 0.717) is 5.01 Å². The smallest absolute Gasteiger partial charge is 0.266 e. The number of carbonyl (C=O) groups excluding carboxylic acids is 1. The number of nitrogens with one attached hydrogen (secondary N) is 1. The maximum Gasteiger partial charge on any atom is 0.266 e. The third-order valence-corrected chi connectivity index (χ3v) is 4.32. The molecular weight excluding hydrogens is 313 g/mol. The van der Waals surface area contributed by atoms with Gasteiger partial charge in [0.1, 0.15) is 10.8 Å². The average Bonchev–Trinajstić information content (AvgIpc) is 2.89. The van der Waals surface area contributed by atoms with Gasteiger partial charge >= 0.3 is 0 Å². The molecule has 3 rings (SSSR count). The molecule has 106 valence electrons. The molecule has 0 unspecified atom stereocenters. The summed E-state index contributed by atoms with van der Waals surface area (Å²) < 4.78 is 13.9. The standard InChI is InChI=1S/C14H9ClFN3OS/c15-10-5-7(1-3-9(10)13(20)19-17)14-18-11-4-2-8(16)6-12(11)21-14/h1-6H,17H2,(H,19,20). The van der Waals surface area contributed by atoms with Crippen molar-refractivity contribution in [2.75, 3.05) is 0 Å². The van der Waals surface area contributed by atoms with Gasteiger partial charge < -0.3 is 0 Å². The van der Waals surface area contributed by atoms with Crippen molar-refractivity contribution >= 4 is 39.1 Å². The largest absolute Gasteiger partial charge is 0.290 e. The first-order chi connectivity index (χ1) is 10.1. The Bertz CT molecular complexity index is 849. The van der Waals surface area contributed by atoms with Crippen molar-refractivity contribution < 1.29 is 9.18 Å². The Kier molecular flexibility index (Phi) is 3.59. The molecule has 0 atom stereocenters. The number of aromatic nitrogens is 1. The van der Waals surface area contributed by atoms with E-state index >= 15 is 0 Å². The lowest BCUT2D eigenvalue weighted by Gasteiger charge is -2.04. The van der Waals surface area contributed by atoms with Crippen LogP contribution in [-0.4, -0.2) is 10.9 Å². The molecular formula is C14H9ClFN3OS. The van der Waals surface area contributed by atoms with Crippen molar-refractivity contribution in [3.8, 4) is 10.6 Å². The summed E-state index contributed by atoms with van der Waals surface area (Å²) in [5, 5.41) is 0.984. The third-order valence-electron chi connectivity index (χ3n) is 2.94. The van der Waals surface area contributed by atoms with Crippen LogP contribution in [0.3, 0.4) is 0 Å². The predicted octanol–water partition coefficient (Wildman–Crippen LogP) is 3.36. The van der Waals surface area contributed by atoms with Crippen LogP contribution in [0, 0.1) is 5.82 Å². The lowest BCUT2D eigenvalue weighted by Crippen LogP contribution is -2.30. The molecule has 0 aliphatic rings. The van der Waals surface area contributed by atoms with Gasteiger partial charge in [0.05, 0.1) is 20.8 Å². The van der Waals surface area contributed by atoms with Gasteiger partial charge in [-0.2, -0.15) is 0 Å². The van der Waals surface area contributed by atoms with Crippen LogP contribution in [0.15, 0.2) is 36.4 Å². The zero-order valence-electron chi connectivity index (χ0n) is 10.6. The number of nitrogen functional groups attached to an aromatic ring is 1. The van der Waals surface area contributed by atoms with E-state index in [-0.39, 0.29) is 16.4 Å². The van der Waals surface area contributed by atoms with Crippen LogP contribution < -0.4 is 11.3 Å². The Morgan fingerprint density at radius 3 is 2.81 bits per heavy atom. The molecule has 21 heavy (non-hydrogen) atoms. The van der Waals surface area contributed by atoms with E-state index in [4.69, 9.17) is 17.4 Å². The molecule has 7 heteroatoms. The quantitative estimate of drug-likeness (QED) is 0.432. The maximum absolute atomic E-state index is 13.2. The highest BCUT2D eigenvalue weighted by Crippen LogP contribution is 2.32. The second kappa shape index (κ2) is 5.40. The minimum Gasteiger partial charge on any atom is -0.290 e. The number of hydrogen-bond donors (Lipinski definition) is 2. The molecule has 4 nitrogen and oxygen atoms in total. The number of halogens is 2. The van der Waals surface area contributed by atoms with Crippen molar-refractivity contribution in [2.45, 2.75) is 0 Å². The molecule has 0 bridgehead atoms. The molecule has 0 aliphatic carbocycles. The van der Waals surface area contributed by atoms with Crippen LogP contribution in [0.4, 0.5) is 4.39 Å². The summed E-state index contributed by atoms with van der Waals surface area (Å²) in [6, 6.07) is 9.38. The number of hydrazine groups is 1. The average molecular weight is 322 g/mol. The number of carbonyl (C=O) groups is 1. The molecule has 3 aromatic rings. The van der Waals surface area contributed by atoms with E-state index in [0.717, 1.165) is 15.8 Å². The number of nitrogens with zero attached hydrogens (tertiary/aromatic N) is 1. The van der Waals surface area contributed by atoms with Gasteiger partial charge in [-0.3, -0.25) is 10.2 Å². The third kappa shape index (κ3) is 2.61. The molecule has 0 fully saturated rings. The monoisotopic (exact) mass is 321 g/mol. The Balaban J connectivity index is 2.06. The topological polar surface area (TPSA) is 68.0 Å². The Morgan fingerprint density at radius 1 is 1.29 bits per heavy atom.